The van der Waals surface area contributed by atoms with Gasteiger partial charge in [0.1, 0.15) is 5.15 Å². The average Bonchev–Trinajstić information content (AvgIpc) is 3.04. The molecule has 2 nitrogen and oxygen atoms in total. The topological polar surface area (TPSA) is 16.1 Å². The Hall–Kier alpha value is -2.70. The van der Waals surface area contributed by atoms with Crippen molar-refractivity contribution >= 4 is 22.7 Å². The van der Waals surface area contributed by atoms with E-state index in [0.29, 0.717) is 24.3 Å². The monoisotopic (exact) mass is 528 g/mol. The van der Waals surface area contributed by atoms with Crippen LogP contribution in [0.2, 0.25) is 5.15 Å². The van der Waals surface area contributed by atoms with Gasteiger partial charge < -0.3 is 4.90 Å². The lowest BCUT2D eigenvalue weighted by molar-refractivity contribution is -0.138. The van der Waals surface area contributed by atoms with Crippen molar-refractivity contribution in [2.75, 3.05) is 26.3 Å². The van der Waals surface area contributed by atoms with Gasteiger partial charge in [0.2, 0.25) is 0 Å². The van der Waals surface area contributed by atoms with Crippen molar-refractivity contribution in [1.29, 1.82) is 0 Å². The molecule has 194 valence electrons. The number of allylic oxidation sites excluding steroid dienone is 1. The van der Waals surface area contributed by atoms with E-state index in [9.17, 15) is 17.6 Å². The van der Waals surface area contributed by atoms with E-state index in [0.717, 1.165) is 67.2 Å². The minimum atomic E-state index is -4.54. The average molecular weight is 529 g/mol. The number of hydrogen-bond donors (Lipinski definition) is 0. The maximum atomic E-state index is 14.0. The number of hydrogen-bond acceptors (Lipinski definition) is 2. The Bertz CT molecular complexity index is 1280. The van der Waals surface area contributed by atoms with Crippen molar-refractivity contribution in [2.45, 2.75) is 38.3 Å². The zero-order valence-corrected chi connectivity index (χ0v) is 21.3. The van der Waals surface area contributed by atoms with E-state index in [-0.39, 0.29) is 17.5 Å². The number of aromatic nitrogens is 1. The molecule has 0 atom stereocenters. The molecule has 0 amide bonds. The van der Waals surface area contributed by atoms with Crippen LogP contribution in [0.4, 0.5) is 17.6 Å². The molecule has 1 saturated heterocycles. The van der Waals surface area contributed by atoms with Crippen LogP contribution in [0.1, 0.15) is 52.8 Å². The summed E-state index contributed by atoms with van der Waals surface area (Å²) in [6.07, 6.45) is -1.05. The Balaban J connectivity index is 1.53. The standard InChI is InChI=1S/C30H29ClF4N2/c31-27-14-13-26(30(33,34)35)29(36-27)25-8-3-6-22-5-1-2-7-24(22)28(25)23-11-9-20(10-12-23)17-21-18-37(19-21)16-4-15-32/h1-2,5,7,9-14,21H,3-4,6,8,15-19H2. The Kier molecular flexibility index (Phi) is 7.68. The number of aryl methyl sites for hydroxylation is 1. The highest BCUT2D eigenvalue weighted by Crippen LogP contribution is 2.43. The molecule has 2 aromatic carbocycles. The molecule has 2 heterocycles. The Labute approximate surface area is 220 Å². The van der Waals surface area contributed by atoms with Crippen LogP contribution in [0.15, 0.2) is 60.7 Å². The predicted molar refractivity (Wildman–Crippen MR) is 140 cm³/mol. The maximum absolute atomic E-state index is 14.0. The molecule has 7 heteroatoms. The van der Waals surface area contributed by atoms with Crippen molar-refractivity contribution < 1.29 is 17.6 Å². The van der Waals surface area contributed by atoms with Crippen LogP contribution < -0.4 is 0 Å². The number of likely N-dealkylation sites (tertiary alicyclic amines) is 1. The third-order valence-corrected chi connectivity index (χ3v) is 7.53. The molecule has 3 aromatic rings. The second-order valence-corrected chi connectivity index (χ2v) is 10.3. The minimum absolute atomic E-state index is 0.0452. The number of rotatable bonds is 7. The molecular weight excluding hydrogens is 500 g/mol. The Morgan fingerprint density at radius 1 is 0.946 bits per heavy atom. The van der Waals surface area contributed by atoms with Crippen LogP contribution in [0.25, 0.3) is 11.1 Å². The second kappa shape index (κ2) is 11.0. The molecule has 1 fully saturated rings. The smallest absolute Gasteiger partial charge is 0.303 e. The highest BCUT2D eigenvalue weighted by molar-refractivity contribution is 6.29. The first-order chi connectivity index (χ1) is 17.8. The van der Waals surface area contributed by atoms with E-state index in [1.807, 2.05) is 36.4 Å². The first-order valence-electron chi connectivity index (χ1n) is 12.8. The highest BCUT2D eigenvalue weighted by atomic mass is 35.5. The molecular formula is C30H29ClF4N2. The summed E-state index contributed by atoms with van der Waals surface area (Å²) in [5.41, 5.74) is 4.66. The van der Waals surface area contributed by atoms with E-state index in [1.165, 1.54) is 11.6 Å². The third-order valence-electron chi connectivity index (χ3n) is 7.32. The zero-order valence-electron chi connectivity index (χ0n) is 20.5. The fraction of sp³-hybridized carbons (Fsp3) is 0.367. The lowest BCUT2D eigenvalue weighted by atomic mass is 9.87. The molecule has 0 bridgehead atoms. The number of benzene rings is 2. The lowest BCUT2D eigenvalue weighted by Gasteiger charge is -2.39. The molecule has 0 N–H and O–H groups in total. The van der Waals surface area contributed by atoms with Crippen LogP contribution in [-0.2, 0) is 19.0 Å². The van der Waals surface area contributed by atoms with E-state index in [2.05, 4.69) is 22.0 Å². The summed E-state index contributed by atoms with van der Waals surface area (Å²) in [4.78, 5) is 6.49. The van der Waals surface area contributed by atoms with Crippen molar-refractivity contribution in [3.63, 3.8) is 0 Å². The van der Waals surface area contributed by atoms with E-state index < -0.39 is 11.7 Å². The van der Waals surface area contributed by atoms with Gasteiger partial charge in [-0.05, 0) is 83.6 Å². The first-order valence-corrected chi connectivity index (χ1v) is 13.1. The molecule has 2 aliphatic rings. The predicted octanol–water partition coefficient (Wildman–Crippen LogP) is 7.88. The first kappa shape index (κ1) is 25.9. The largest absolute Gasteiger partial charge is 0.418 e. The van der Waals surface area contributed by atoms with E-state index >= 15 is 0 Å². The molecule has 1 aromatic heterocycles. The minimum Gasteiger partial charge on any atom is -0.303 e. The van der Waals surface area contributed by atoms with Gasteiger partial charge in [0.05, 0.1) is 17.9 Å². The van der Waals surface area contributed by atoms with Gasteiger partial charge >= 0.3 is 6.18 Å². The molecule has 0 radical (unpaired) electrons. The van der Waals surface area contributed by atoms with E-state index in [1.54, 1.807) is 0 Å². The van der Waals surface area contributed by atoms with Gasteiger partial charge in [-0.1, -0.05) is 60.1 Å². The van der Waals surface area contributed by atoms with Gasteiger partial charge in [-0.15, -0.1) is 0 Å². The van der Waals surface area contributed by atoms with Gasteiger partial charge in [0, 0.05) is 19.6 Å². The number of fused-ring (bicyclic) bond motifs is 1. The molecule has 37 heavy (non-hydrogen) atoms. The van der Waals surface area contributed by atoms with Gasteiger partial charge in [-0.2, -0.15) is 13.2 Å². The molecule has 0 saturated carbocycles. The van der Waals surface area contributed by atoms with E-state index in [4.69, 9.17) is 11.6 Å². The number of nitrogens with zero attached hydrogens (tertiary/aromatic N) is 2. The van der Waals surface area contributed by atoms with Gasteiger partial charge in [-0.25, -0.2) is 4.98 Å². The molecule has 1 aliphatic carbocycles. The fourth-order valence-electron chi connectivity index (χ4n) is 5.60. The Morgan fingerprint density at radius 2 is 1.70 bits per heavy atom. The fourth-order valence-corrected chi connectivity index (χ4v) is 5.75. The molecule has 5 rings (SSSR count). The summed E-state index contributed by atoms with van der Waals surface area (Å²) in [5, 5.41) is 0.0452. The van der Waals surface area contributed by atoms with Crippen LogP contribution in [0.3, 0.4) is 0 Å². The van der Waals surface area contributed by atoms with Crippen molar-refractivity contribution in [3.8, 4) is 0 Å². The van der Waals surface area contributed by atoms with Crippen molar-refractivity contribution in [2.24, 2.45) is 5.92 Å². The quantitative estimate of drug-likeness (QED) is 0.229. The van der Waals surface area contributed by atoms with Gasteiger partial charge in [-0.3, -0.25) is 4.39 Å². The number of halogens is 5. The number of alkyl halides is 4. The van der Waals surface area contributed by atoms with Gasteiger partial charge in [0.15, 0.2) is 0 Å². The molecule has 0 spiro atoms. The van der Waals surface area contributed by atoms with Crippen LogP contribution in [-0.4, -0.2) is 36.2 Å². The summed E-state index contributed by atoms with van der Waals surface area (Å²) in [6.45, 7) is 2.48. The van der Waals surface area contributed by atoms with Crippen molar-refractivity contribution in [3.05, 3.63) is 99.3 Å². The third kappa shape index (κ3) is 5.75. The SMILES string of the molecule is FCCCN1CC(Cc2ccc(C3=C(c4nc(Cl)ccc4C(F)(F)F)CCCc4ccccc43)cc2)C1. The summed E-state index contributed by atoms with van der Waals surface area (Å²) in [7, 11) is 0. The lowest BCUT2D eigenvalue weighted by Crippen LogP contribution is -2.47. The maximum Gasteiger partial charge on any atom is 0.418 e. The number of pyridine rings is 1. The zero-order chi connectivity index (χ0) is 26.0. The molecule has 0 unspecified atom stereocenters. The van der Waals surface area contributed by atoms with Gasteiger partial charge in [0.25, 0.3) is 0 Å². The summed E-state index contributed by atoms with van der Waals surface area (Å²) >= 11 is 6.12. The van der Waals surface area contributed by atoms with Crippen LogP contribution >= 0.6 is 11.6 Å². The van der Waals surface area contributed by atoms with Crippen LogP contribution in [0, 0.1) is 5.92 Å². The van der Waals surface area contributed by atoms with Crippen LogP contribution in [0.5, 0.6) is 0 Å². The summed E-state index contributed by atoms with van der Waals surface area (Å²) < 4.78 is 54.5. The Morgan fingerprint density at radius 3 is 2.43 bits per heavy atom. The molecule has 1 aliphatic heterocycles. The highest BCUT2D eigenvalue weighted by Gasteiger charge is 2.36. The normalized spacial score (nSPS) is 16.9. The summed E-state index contributed by atoms with van der Waals surface area (Å²) in [5.74, 6) is 0.545. The second-order valence-electron chi connectivity index (χ2n) is 9.96. The van der Waals surface area contributed by atoms with Crippen molar-refractivity contribution in [1.82, 2.24) is 9.88 Å². The summed E-state index contributed by atoms with van der Waals surface area (Å²) in [6, 6.07) is 18.4.